The van der Waals surface area contributed by atoms with Crippen LogP contribution in [0.2, 0.25) is 0 Å². The number of hydrogen-bond donors (Lipinski definition) is 3. The molecule has 7 nitrogen and oxygen atoms in total. The standard InChI is InChI=1S/C17H18N2O5S/c20-16-5-2-1-4-13(16)11-18-8-3-9-19-12-14-10-15(25(22,23)24)6-7-17(14)21/h1-2,4-7,10-12,20-21H,3,8-9H2,(H,22,23,24). The molecule has 25 heavy (non-hydrogen) atoms. The molecule has 2 aromatic carbocycles. The highest BCUT2D eigenvalue weighted by Crippen LogP contribution is 2.19. The first-order valence-electron chi connectivity index (χ1n) is 7.46. The van der Waals surface area contributed by atoms with E-state index in [1.807, 2.05) is 0 Å². The number of aliphatic imine (C=N–C) groups is 2. The molecule has 0 unspecified atom stereocenters. The molecule has 0 aliphatic rings. The van der Waals surface area contributed by atoms with Crippen molar-refractivity contribution in [2.75, 3.05) is 13.1 Å². The molecule has 0 spiro atoms. The minimum absolute atomic E-state index is 0.131. The zero-order chi connectivity index (χ0) is 18.3. The molecule has 0 radical (unpaired) electrons. The molecule has 2 aromatic rings. The van der Waals surface area contributed by atoms with Crippen LogP contribution in [-0.4, -0.2) is 48.7 Å². The predicted molar refractivity (Wildman–Crippen MR) is 95.6 cm³/mol. The van der Waals surface area contributed by atoms with Gasteiger partial charge in [0.1, 0.15) is 11.5 Å². The molecule has 0 saturated carbocycles. The molecule has 0 fully saturated rings. The van der Waals surface area contributed by atoms with Gasteiger partial charge in [-0.15, -0.1) is 0 Å². The smallest absolute Gasteiger partial charge is 0.294 e. The summed E-state index contributed by atoms with van der Waals surface area (Å²) in [5.74, 6) is 0.0344. The Morgan fingerprint density at radius 3 is 2.12 bits per heavy atom. The van der Waals surface area contributed by atoms with Gasteiger partial charge in [0.15, 0.2) is 0 Å². The van der Waals surface area contributed by atoms with E-state index in [1.54, 1.807) is 30.5 Å². The molecule has 0 aliphatic heterocycles. The Morgan fingerprint density at radius 1 is 0.880 bits per heavy atom. The lowest BCUT2D eigenvalue weighted by molar-refractivity contribution is 0.471. The average Bonchev–Trinajstić information content (AvgIpc) is 2.56. The van der Waals surface area contributed by atoms with Crippen LogP contribution in [0, 0.1) is 0 Å². The quantitative estimate of drug-likeness (QED) is 0.396. The Morgan fingerprint density at radius 2 is 1.48 bits per heavy atom. The Hall–Kier alpha value is -2.71. The molecule has 3 N–H and O–H groups in total. The molecule has 0 amide bonds. The summed E-state index contributed by atoms with van der Waals surface area (Å²) in [5, 5.41) is 19.3. The van der Waals surface area contributed by atoms with Crippen molar-refractivity contribution in [3.8, 4) is 11.5 Å². The van der Waals surface area contributed by atoms with E-state index in [1.165, 1.54) is 12.3 Å². The second kappa shape index (κ2) is 8.41. The second-order valence-electron chi connectivity index (χ2n) is 5.18. The number of aromatic hydroxyl groups is 2. The van der Waals surface area contributed by atoms with E-state index in [0.29, 0.717) is 25.1 Å². The van der Waals surface area contributed by atoms with E-state index < -0.39 is 10.1 Å². The topological polar surface area (TPSA) is 120 Å². The van der Waals surface area contributed by atoms with Crippen LogP contribution in [0.15, 0.2) is 57.3 Å². The summed E-state index contributed by atoms with van der Waals surface area (Å²) in [6.07, 6.45) is 3.57. The molecule has 0 heterocycles. The fourth-order valence-corrected chi connectivity index (χ4v) is 2.49. The maximum absolute atomic E-state index is 11.1. The van der Waals surface area contributed by atoms with E-state index in [-0.39, 0.29) is 22.0 Å². The minimum Gasteiger partial charge on any atom is -0.507 e. The SMILES string of the molecule is O=S(=O)(O)c1ccc(O)c(C=NCCCN=Cc2ccccc2O)c1. The average molecular weight is 362 g/mol. The van der Waals surface area contributed by atoms with Crippen molar-refractivity contribution in [1.29, 1.82) is 0 Å². The summed E-state index contributed by atoms with van der Waals surface area (Å²) in [5.41, 5.74) is 0.839. The largest absolute Gasteiger partial charge is 0.507 e. The van der Waals surface area contributed by atoms with Gasteiger partial charge in [-0.1, -0.05) is 12.1 Å². The Kier molecular flexibility index (Phi) is 6.26. The third kappa shape index (κ3) is 5.70. The van der Waals surface area contributed by atoms with E-state index in [0.717, 1.165) is 12.1 Å². The van der Waals surface area contributed by atoms with Crippen LogP contribution in [0.25, 0.3) is 0 Å². The van der Waals surface area contributed by atoms with E-state index >= 15 is 0 Å². The monoisotopic (exact) mass is 362 g/mol. The Balaban J connectivity index is 1.87. The molecular weight excluding hydrogens is 344 g/mol. The van der Waals surface area contributed by atoms with E-state index in [4.69, 9.17) is 4.55 Å². The number of rotatable bonds is 7. The predicted octanol–water partition coefficient (Wildman–Crippen LogP) is 2.27. The Labute approximate surface area is 145 Å². The van der Waals surface area contributed by atoms with Crippen molar-refractivity contribution >= 4 is 22.5 Å². The van der Waals surface area contributed by atoms with Gasteiger partial charge >= 0.3 is 0 Å². The third-order valence-corrected chi connectivity index (χ3v) is 4.12. The summed E-state index contributed by atoms with van der Waals surface area (Å²) in [7, 11) is -4.33. The van der Waals surface area contributed by atoms with Crippen molar-refractivity contribution in [2.45, 2.75) is 11.3 Å². The van der Waals surface area contributed by atoms with Crippen LogP contribution in [0.5, 0.6) is 11.5 Å². The van der Waals surface area contributed by atoms with Gasteiger partial charge in [-0.25, -0.2) is 0 Å². The maximum Gasteiger partial charge on any atom is 0.294 e. The zero-order valence-corrected chi connectivity index (χ0v) is 14.1. The Bertz CT molecular complexity index is 892. The molecule has 132 valence electrons. The molecule has 2 rings (SSSR count). The molecular formula is C17H18N2O5S. The van der Waals surface area contributed by atoms with Crippen LogP contribution < -0.4 is 0 Å². The zero-order valence-electron chi connectivity index (χ0n) is 13.3. The van der Waals surface area contributed by atoms with Gasteiger partial charge < -0.3 is 10.2 Å². The second-order valence-corrected chi connectivity index (χ2v) is 6.60. The maximum atomic E-state index is 11.1. The first-order chi connectivity index (χ1) is 11.9. The van der Waals surface area contributed by atoms with Crippen molar-refractivity contribution in [3.05, 3.63) is 53.6 Å². The number of benzene rings is 2. The normalized spacial score (nSPS) is 12.2. The fraction of sp³-hybridized carbons (Fsp3) is 0.176. The van der Waals surface area contributed by atoms with Crippen molar-refractivity contribution in [2.24, 2.45) is 9.98 Å². The lowest BCUT2D eigenvalue weighted by Gasteiger charge is -2.01. The van der Waals surface area contributed by atoms with E-state index in [9.17, 15) is 18.6 Å². The summed E-state index contributed by atoms with van der Waals surface area (Å²) in [4.78, 5) is 7.99. The lowest BCUT2D eigenvalue weighted by Crippen LogP contribution is -1.99. The van der Waals surface area contributed by atoms with Crippen molar-refractivity contribution in [3.63, 3.8) is 0 Å². The van der Waals surface area contributed by atoms with Gasteiger partial charge in [-0.2, -0.15) is 8.42 Å². The third-order valence-electron chi connectivity index (χ3n) is 3.27. The number of para-hydroxylation sites is 1. The minimum atomic E-state index is -4.33. The highest BCUT2D eigenvalue weighted by molar-refractivity contribution is 7.85. The molecule has 0 aromatic heterocycles. The van der Waals surface area contributed by atoms with Crippen LogP contribution in [0.4, 0.5) is 0 Å². The van der Waals surface area contributed by atoms with E-state index in [2.05, 4.69) is 9.98 Å². The highest BCUT2D eigenvalue weighted by Gasteiger charge is 2.11. The first-order valence-corrected chi connectivity index (χ1v) is 8.90. The number of phenolic OH excluding ortho intramolecular Hbond substituents is 2. The van der Waals surface area contributed by atoms with Crippen LogP contribution >= 0.6 is 0 Å². The van der Waals surface area contributed by atoms with Gasteiger partial charge in [0, 0.05) is 36.6 Å². The summed E-state index contributed by atoms with van der Waals surface area (Å²) in [6.45, 7) is 0.927. The lowest BCUT2D eigenvalue weighted by atomic mass is 10.2. The molecule has 0 bridgehead atoms. The number of nitrogens with zero attached hydrogens (tertiary/aromatic N) is 2. The van der Waals surface area contributed by atoms with Gasteiger partial charge in [0.2, 0.25) is 0 Å². The molecule has 0 atom stereocenters. The van der Waals surface area contributed by atoms with Crippen molar-refractivity contribution in [1.82, 2.24) is 0 Å². The fourth-order valence-electron chi connectivity index (χ4n) is 1.97. The van der Waals surface area contributed by atoms with Gasteiger partial charge in [-0.3, -0.25) is 14.5 Å². The van der Waals surface area contributed by atoms with Crippen molar-refractivity contribution < 1.29 is 23.2 Å². The molecule has 0 saturated heterocycles. The molecule has 8 heteroatoms. The number of phenols is 2. The van der Waals surface area contributed by atoms with Gasteiger partial charge in [0.25, 0.3) is 10.1 Å². The van der Waals surface area contributed by atoms with Crippen LogP contribution in [-0.2, 0) is 10.1 Å². The van der Waals surface area contributed by atoms with Gasteiger partial charge in [-0.05, 0) is 36.8 Å². The highest BCUT2D eigenvalue weighted by atomic mass is 32.2. The van der Waals surface area contributed by atoms with Gasteiger partial charge in [0.05, 0.1) is 4.90 Å². The first kappa shape index (κ1) is 18.6. The molecule has 0 aliphatic carbocycles. The van der Waals surface area contributed by atoms with Crippen LogP contribution in [0.3, 0.4) is 0 Å². The summed E-state index contributed by atoms with van der Waals surface area (Å²) < 4.78 is 31.2. The summed E-state index contributed by atoms with van der Waals surface area (Å²) in [6, 6.07) is 10.3. The summed E-state index contributed by atoms with van der Waals surface area (Å²) >= 11 is 0. The van der Waals surface area contributed by atoms with Crippen LogP contribution in [0.1, 0.15) is 17.5 Å². The number of hydrogen-bond acceptors (Lipinski definition) is 6.